The molecule has 0 atom stereocenters. The van der Waals surface area contributed by atoms with Crippen LogP contribution in [0.25, 0.3) is 22.0 Å². The molecule has 1 aliphatic rings. The Labute approximate surface area is 215 Å². The molecule has 3 N–H and O–H groups in total. The van der Waals surface area contributed by atoms with Gasteiger partial charge in [0.2, 0.25) is 0 Å². The van der Waals surface area contributed by atoms with Gasteiger partial charge in [-0.2, -0.15) is 10.2 Å². The molecule has 4 aromatic heterocycles. The van der Waals surface area contributed by atoms with Crippen molar-refractivity contribution in [2.45, 2.75) is 38.6 Å². The number of nitrogens with one attached hydrogen (secondary N) is 1. The van der Waals surface area contributed by atoms with Crippen LogP contribution < -0.4 is 5.32 Å². The number of amides is 1. The molecule has 15 heteroatoms. The zero-order chi connectivity index (χ0) is 26.0. The second-order valence-electron chi connectivity index (χ2n) is 8.30. The smallest absolute Gasteiger partial charge is 0.378 e. The lowest BCUT2D eigenvalue weighted by Crippen LogP contribution is -2.33. The van der Waals surface area contributed by atoms with Crippen LogP contribution in [0.2, 0.25) is 0 Å². The van der Waals surface area contributed by atoms with Gasteiger partial charge in [0.05, 0.1) is 29.7 Å². The van der Waals surface area contributed by atoms with E-state index in [0.29, 0.717) is 34.3 Å². The number of anilines is 1. The Kier molecular flexibility index (Phi) is 7.29. The van der Waals surface area contributed by atoms with Crippen LogP contribution in [0.3, 0.4) is 0 Å². The van der Waals surface area contributed by atoms with Crippen molar-refractivity contribution >= 4 is 30.8 Å². The van der Waals surface area contributed by atoms with Gasteiger partial charge in [-0.05, 0) is 31.9 Å². The third-order valence-corrected chi connectivity index (χ3v) is 7.05. The van der Waals surface area contributed by atoms with E-state index in [-0.39, 0.29) is 17.8 Å². The average molecular weight is 546 g/mol. The van der Waals surface area contributed by atoms with E-state index in [4.69, 9.17) is 19.6 Å². The number of pyridine rings is 1. The SMILES string of the molecule is CCOC1CC(n2cc(NC(=O)c3csc(-c4cnn(COP(=O)(O)O)c4)n3)c(-c3ccccn3)n2)C1. The maximum atomic E-state index is 13.1. The van der Waals surface area contributed by atoms with Gasteiger partial charge in [0.25, 0.3) is 5.91 Å². The number of carbonyl (C=O) groups is 1. The zero-order valence-corrected chi connectivity index (χ0v) is 21.4. The van der Waals surface area contributed by atoms with Crippen molar-refractivity contribution < 1.29 is 28.4 Å². The summed E-state index contributed by atoms with van der Waals surface area (Å²) in [7, 11) is -4.62. The number of thiazole rings is 1. The lowest BCUT2D eigenvalue weighted by molar-refractivity contribution is -0.0226. The molecule has 5 rings (SSSR count). The van der Waals surface area contributed by atoms with Crippen LogP contribution in [0.15, 0.2) is 48.4 Å². The minimum atomic E-state index is -4.62. The van der Waals surface area contributed by atoms with E-state index in [1.165, 1.54) is 28.4 Å². The maximum Gasteiger partial charge on any atom is 0.471 e. The molecule has 0 bridgehead atoms. The molecule has 37 heavy (non-hydrogen) atoms. The van der Waals surface area contributed by atoms with Crippen LogP contribution in [0.4, 0.5) is 5.69 Å². The van der Waals surface area contributed by atoms with Crippen molar-refractivity contribution in [1.82, 2.24) is 29.5 Å². The molecule has 0 radical (unpaired) electrons. The van der Waals surface area contributed by atoms with E-state index >= 15 is 0 Å². The first-order chi connectivity index (χ1) is 17.8. The number of ether oxygens (including phenoxy) is 1. The van der Waals surface area contributed by atoms with Crippen molar-refractivity contribution in [3.63, 3.8) is 0 Å². The molecule has 4 aromatic rings. The molecule has 194 valence electrons. The summed E-state index contributed by atoms with van der Waals surface area (Å²) in [6.45, 7) is 2.23. The van der Waals surface area contributed by atoms with Gasteiger partial charge in [-0.15, -0.1) is 11.3 Å². The van der Waals surface area contributed by atoms with E-state index in [9.17, 15) is 9.36 Å². The predicted octanol–water partition coefficient (Wildman–Crippen LogP) is 3.32. The summed E-state index contributed by atoms with van der Waals surface area (Å²) in [5.74, 6) is -0.405. The Hall–Kier alpha value is -3.26. The maximum absolute atomic E-state index is 13.1. The zero-order valence-electron chi connectivity index (χ0n) is 19.7. The number of aromatic nitrogens is 6. The largest absolute Gasteiger partial charge is 0.471 e. The minimum Gasteiger partial charge on any atom is -0.378 e. The highest BCUT2D eigenvalue weighted by Crippen LogP contribution is 2.37. The first-order valence-corrected chi connectivity index (χ1v) is 13.8. The highest BCUT2D eigenvalue weighted by molar-refractivity contribution is 7.46. The highest BCUT2D eigenvalue weighted by atomic mass is 32.1. The molecule has 1 aliphatic carbocycles. The van der Waals surface area contributed by atoms with Gasteiger partial charge < -0.3 is 19.8 Å². The molecule has 0 unspecified atom stereocenters. The van der Waals surface area contributed by atoms with Crippen LogP contribution in [-0.4, -0.2) is 57.9 Å². The molecule has 13 nitrogen and oxygen atoms in total. The first kappa shape index (κ1) is 25.4. The standard InChI is InChI=1S/C22H24N7O6PS/c1-2-34-16-7-15(8-16)29-11-18(20(27-29)17-5-3-4-6-23-17)25-21(30)19-12-37-22(26-19)14-9-24-28(10-14)13-35-36(31,32)33/h3-6,9-12,15-16H,2,7-8,13H2,1H3,(H,25,30)(H2,31,32,33). The second kappa shape index (κ2) is 10.6. The first-order valence-electron chi connectivity index (χ1n) is 11.4. The quantitative estimate of drug-likeness (QED) is 0.252. The highest BCUT2D eigenvalue weighted by Gasteiger charge is 2.32. The normalized spacial score (nSPS) is 17.5. The van der Waals surface area contributed by atoms with Crippen molar-refractivity contribution in [3.8, 4) is 22.0 Å². The van der Waals surface area contributed by atoms with Gasteiger partial charge in [0.1, 0.15) is 16.4 Å². The number of phosphoric ester groups is 1. The number of hydrogen-bond acceptors (Lipinski definition) is 9. The Morgan fingerprint density at radius 1 is 1.30 bits per heavy atom. The van der Waals surface area contributed by atoms with Gasteiger partial charge in [-0.25, -0.2) is 14.2 Å². The fourth-order valence-corrected chi connectivity index (χ4v) is 4.91. The molecule has 1 amide bonds. The van der Waals surface area contributed by atoms with Crippen LogP contribution in [0, 0.1) is 0 Å². The molecule has 0 aromatic carbocycles. The fraction of sp³-hybridized carbons (Fsp3) is 0.318. The minimum absolute atomic E-state index is 0.182. The number of phosphoric acid groups is 1. The fourth-order valence-electron chi connectivity index (χ4n) is 3.86. The molecule has 0 saturated heterocycles. The Morgan fingerprint density at radius 3 is 2.86 bits per heavy atom. The summed E-state index contributed by atoms with van der Waals surface area (Å²) in [5.41, 5.74) is 2.52. The van der Waals surface area contributed by atoms with Crippen LogP contribution in [0.1, 0.15) is 36.3 Å². The van der Waals surface area contributed by atoms with E-state index in [2.05, 4.69) is 24.9 Å². The number of rotatable bonds is 10. The lowest BCUT2D eigenvalue weighted by atomic mass is 9.89. The molecule has 4 heterocycles. The van der Waals surface area contributed by atoms with E-state index in [1.54, 1.807) is 11.6 Å². The number of carbonyl (C=O) groups excluding carboxylic acids is 1. The molecular weight excluding hydrogens is 521 g/mol. The molecule has 0 spiro atoms. The van der Waals surface area contributed by atoms with Crippen molar-refractivity contribution in [2.75, 3.05) is 11.9 Å². The van der Waals surface area contributed by atoms with Crippen molar-refractivity contribution in [2.24, 2.45) is 0 Å². The molecule has 1 saturated carbocycles. The third-order valence-electron chi connectivity index (χ3n) is 5.71. The number of nitrogens with zero attached hydrogens (tertiary/aromatic N) is 6. The summed E-state index contributed by atoms with van der Waals surface area (Å²) < 4.78 is 24.1. The Balaban J connectivity index is 1.32. The predicted molar refractivity (Wildman–Crippen MR) is 134 cm³/mol. The third kappa shape index (κ3) is 6.01. The molecular formula is C22H24N7O6PS. The summed E-state index contributed by atoms with van der Waals surface area (Å²) in [5, 5.41) is 13.8. The van der Waals surface area contributed by atoms with Crippen LogP contribution in [0.5, 0.6) is 0 Å². The monoisotopic (exact) mass is 545 g/mol. The summed E-state index contributed by atoms with van der Waals surface area (Å²) in [6.07, 6.45) is 8.41. The van der Waals surface area contributed by atoms with Crippen molar-refractivity contribution in [1.29, 1.82) is 0 Å². The Bertz CT molecular complexity index is 1430. The second-order valence-corrected chi connectivity index (χ2v) is 10.4. The van der Waals surface area contributed by atoms with Crippen molar-refractivity contribution in [3.05, 3.63) is 54.1 Å². The van der Waals surface area contributed by atoms with Gasteiger partial charge in [0.15, 0.2) is 6.73 Å². The number of hydrogen-bond donors (Lipinski definition) is 3. The summed E-state index contributed by atoms with van der Waals surface area (Å²) in [4.78, 5) is 39.6. The topological polar surface area (TPSA) is 167 Å². The van der Waals surface area contributed by atoms with Crippen LogP contribution in [-0.2, 0) is 20.6 Å². The lowest BCUT2D eigenvalue weighted by Gasteiger charge is -2.34. The van der Waals surface area contributed by atoms with Crippen LogP contribution >= 0.6 is 19.2 Å². The Morgan fingerprint density at radius 2 is 2.14 bits per heavy atom. The van der Waals surface area contributed by atoms with E-state index < -0.39 is 20.5 Å². The van der Waals surface area contributed by atoms with Gasteiger partial charge in [0, 0.05) is 36.1 Å². The van der Waals surface area contributed by atoms with Gasteiger partial charge >= 0.3 is 7.82 Å². The van der Waals surface area contributed by atoms with Gasteiger partial charge in [-0.3, -0.25) is 19.0 Å². The van der Waals surface area contributed by atoms with E-state index in [0.717, 1.165) is 12.8 Å². The molecule has 0 aliphatic heterocycles. The average Bonchev–Trinajstić information content (AvgIpc) is 3.59. The summed E-state index contributed by atoms with van der Waals surface area (Å²) in [6, 6.07) is 5.69. The van der Waals surface area contributed by atoms with E-state index in [1.807, 2.05) is 36.0 Å². The summed E-state index contributed by atoms with van der Waals surface area (Å²) >= 11 is 1.24. The molecule has 1 fully saturated rings. The van der Waals surface area contributed by atoms with Gasteiger partial charge in [-0.1, -0.05) is 6.07 Å².